The number of benzene rings is 1. The number of rotatable bonds is 6. The third-order valence-corrected chi connectivity index (χ3v) is 3.84. The fraction of sp³-hybridized carbons (Fsp3) is 0.316. The Hall–Kier alpha value is -2.40. The highest BCUT2D eigenvalue weighted by atomic mass is 35.5. The van der Waals surface area contributed by atoms with Crippen LogP contribution in [0.1, 0.15) is 35.3 Å². The first kappa shape index (κ1) is 18.9. The van der Waals surface area contributed by atoms with Crippen molar-refractivity contribution in [3.8, 4) is 5.75 Å². The lowest BCUT2D eigenvalue weighted by atomic mass is 10.2. The number of aryl methyl sites for hydroxylation is 3. The third kappa shape index (κ3) is 5.29. The zero-order valence-electron chi connectivity index (χ0n) is 14.8. The average molecular weight is 361 g/mol. The molecule has 6 heteroatoms. The normalized spacial score (nSPS) is 10.9. The van der Waals surface area contributed by atoms with E-state index in [1.165, 1.54) is 6.08 Å². The van der Waals surface area contributed by atoms with Gasteiger partial charge < -0.3 is 9.47 Å². The summed E-state index contributed by atoms with van der Waals surface area (Å²) in [4.78, 5) is 20.5. The molecule has 1 aromatic carbocycles. The van der Waals surface area contributed by atoms with Gasteiger partial charge in [0, 0.05) is 16.7 Å². The predicted octanol–water partition coefficient (Wildman–Crippen LogP) is 4.21. The maximum atomic E-state index is 11.5. The van der Waals surface area contributed by atoms with E-state index in [9.17, 15) is 4.79 Å². The summed E-state index contributed by atoms with van der Waals surface area (Å²) in [6.07, 6.45) is 2.97. The topological polar surface area (TPSA) is 61.3 Å². The van der Waals surface area contributed by atoms with Gasteiger partial charge in [-0.3, -0.25) is 9.97 Å². The molecule has 0 saturated carbocycles. The molecule has 25 heavy (non-hydrogen) atoms. The van der Waals surface area contributed by atoms with E-state index in [-0.39, 0.29) is 6.61 Å². The van der Waals surface area contributed by atoms with Gasteiger partial charge in [-0.25, -0.2) is 4.79 Å². The molecule has 0 saturated heterocycles. The summed E-state index contributed by atoms with van der Waals surface area (Å²) in [6.45, 7) is 8.11. The van der Waals surface area contributed by atoms with Crippen LogP contribution in [0, 0.1) is 20.8 Å². The zero-order chi connectivity index (χ0) is 18.4. The van der Waals surface area contributed by atoms with Crippen LogP contribution in [-0.4, -0.2) is 22.5 Å². The summed E-state index contributed by atoms with van der Waals surface area (Å²) in [5, 5.41) is 0.554. The second-order valence-corrected chi connectivity index (χ2v) is 5.92. The highest BCUT2D eigenvalue weighted by Gasteiger charge is 2.09. The summed E-state index contributed by atoms with van der Waals surface area (Å²) >= 11 is 6.05. The Bertz CT molecular complexity index is 803. The predicted molar refractivity (Wildman–Crippen MR) is 97.7 cm³/mol. The van der Waals surface area contributed by atoms with Gasteiger partial charge in [0.25, 0.3) is 0 Å². The molecule has 0 unspecified atom stereocenters. The molecule has 0 fully saturated rings. The van der Waals surface area contributed by atoms with E-state index in [1.54, 1.807) is 31.2 Å². The van der Waals surface area contributed by atoms with Gasteiger partial charge in [-0.05, 0) is 52.0 Å². The number of hydrogen-bond donors (Lipinski definition) is 0. The summed E-state index contributed by atoms with van der Waals surface area (Å²) in [7, 11) is 0. The molecule has 0 radical (unpaired) electrons. The molecule has 1 aromatic heterocycles. The first-order valence-corrected chi connectivity index (χ1v) is 8.36. The van der Waals surface area contributed by atoms with Crippen LogP contribution in [0.2, 0.25) is 5.02 Å². The van der Waals surface area contributed by atoms with E-state index in [2.05, 4.69) is 9.97 Å². The summed E-state index contributed by atoms with van der Waals surface area (Å²) in [6, 6.07) is 5.22. The van der Waals surface area contributed by atoms with Crippen molar-refractivity contribution in [3.63, 3.8) is 0 Å². The highest BCUT2D eigenvalue weighted by Crippen LogP contribution is 2.25. The number of carbonyl (C=O) groups is 1. The molecule has 0 N–H and O–H groups in total. The summed E-state index contributed by atoms with van der Waals surface area (Å²) in [5.74, 6) is 0.189. The van der Waals surface area contributed by atoms with E-state index in [4.69, 9.17) is 21.1 Å². The SMILES string of the molecule is CCOC(=O)/C=C/c1cc(Cl)ccc1OCc1nc(C)c(C)nc1C. The molecule has 0 aliphatic heterocycles. The molecule has 0 amide bonds. The van der Waals surface area contributed by atoms with Crippen molar-refractivity contribution in [2.75, 3.05) is 6.61 Å². The fourth-order valence-corrected chi connectivity index (χ4v) is 2.35. The van der Waals surface area contributed by atoms with Crippen LogP contribution in [-0.2, 0) is 16.1 Å². The van der Waals surface area contributed by atoms with Crippen LogP contribution in [0.15, 0.2) is 24.3 Å². The standard InChI is InChI=1S/C19H21ClN2O3/c1-5-24-19(23)9-6-15-10-16(20)7-8-18(15)25-11-17-14(4)21-12(2)13(3)22-17/h6-10H,5,11H2,1-4H3/b9-6+. The molecule has 0 spiro atoms. The van der Waals surface area contributed by atoms with Crippen LogP contribution in [0.5, 0.6) is 5.75 Å². The molecular weight excluding hydrogens is 340 g/mol. The Morgan fingerprint density at radius 3 is 2.60 bits per heavy atom. The molecule has 2 aromatic rings. The number of halogens is 1. The van der Waals surface area contributed by atoms with Gasteiger partial charge in [0.2, 0.25) is 0 Å². The van der Waals surface area contributed by atoms with Crippen molar-refractivity contribution in [3.05, 3.63) is 57.6 Å². The number of aromatic nitrogens is 2. The van der Waals surface area contributed by atoms with Gasteiger partial charge in [0.15, 0.2) is 0 Å². The Labute approximate surface area is 152 Å². The molecule has 2 rings (SSSR count). The highest BCUT2D eigenvalue weighted by molar-refractivity contribution is 6.30. The lowest BCUT2D eigenvalue weighted by molar-refractivity contribution is -0.137. The van der Waals surface area contributed by atoms with Crippen molar-refractivity contribution in [2.45, 2.75) is 34.3 Å². The van der Waals surface area contributed by atoms with E-state index < -0.39 is 5.97 Å². The quantitative estimate of drug-likeness (QED) is 0.570. The lowest BCUT2D eigenvalue weighted by Gasteiger charge is -2.12. The molecular formula is C19H21ClN2O3. The number of nitrogens with zero attached hydrogens (tertiary/aromatic N) is 2. The molecule has 0 atom stereocenters. The molecule has 1 heterocycles. The first-order chi connectivity index (χ1) is 11.9. The van der Waals surface area contributed by atoms with E-state index in [0.717, 1.165) is 22.8 Å². The summed E-state index contributed by atoms with van der Waals surface area (Å²) < 4.78 is 10.8. The molecule has 132 valence electrons. The first-order valence-electron chi connectivity index (χ1n) is 7.98. The average Bonchev–Trinajstić information content (AvgIpc) is 2.56. The van der Waals surface area contributed by atoms with E-state index >= 15 is 0 Å². The van der Waals surface area contributed by atoms with Gasteiger partial charge >= 0.3 is 5.97 Å². The van der Waals surface area contributed by atoms with Crippen LogP contribution in [0.3, 0.4) is 0 Å². The Morgan fingerprint density at radius 1 is 1.16 bits per heavy atom. The van der Waals surface area contributed by atoms with Crippen molar-refractivity contribution in [1.82, 2.24) is 9.97 Å². The van der Waals surface area contributed by atoms with Gasteiger partial charge in [0.1, 0.15) is 12.4 Å². The smallest absolute Gasteiger partial charge is 0.330 e. The molecule has 5 nitrogen and oxygen atoms in total. The molecule has 0 bridgehead atoms. The van der Waals surface area contributed by atoms with Gasteiger partial charge in [0.05, 0.1) is 29.4 Å². The van der Waals surface area contributed by atoms with Crippen LogP contribution >= 0.6 is 11.6 Å². The molecule has 0 aliphatic rings. The zero-order valence-corrected chi connectivity index (χ0v) is 15.6. The third-order valence-electron chi connectivity index (χ3n) is 3.60. The number of esters is 1. The van der Waals surface area contributed by atoms with E-state index in [1.807, 2.05) is 20.8 Å². The van der Waals surface area contributed by atoms with Crippen molar-refractivity contribution < 1.29 is 14.3 Å². The Kier molecular flexibility index (Phi) is 6.53. The minimum atomic E-state index is -0.413. The van der Waals surface area contributed by atoms with Gasteiger partial charge in [-0.2, -0.15) is 0 Å². The summed E-state index contributed by atoms with van der Waals surface area (Å²) in [5.41, 5.74) is 4.09. The van der Waals surface area contributed by atoms with Crippen LogP contribution in [0.4, 0.5) is 0 Å². The number of carbonyl (C=O) groups excluding carboxylic acids is 1. The van der Waals surface area contributed by atoms with Crippen LogP contribution < -0.4 is 4.74 Å². The fourth-order valence-electron chi connectivity index (χ4n) is 2.17. The van der Waals surface area contributed by atoms with Crippen LogP contribution in [0.25, 0.3) is 6.08 Å². The maximum absolute atomic E-state index is 11.5. The number of hydrogen-bond acceptors (Lipinski definition) is 5. The van der Waals surface area contributed by atoms with Gasteiger partial charge in [-0.15, -0.1) is 0 Å². The number of ether oxygens (including phenoxy) is 2. The Balaban J connectivity index is 2.19. The Morgan fingerprint density at radius 2 is 1.88 bits per heavy atom. The van der Waals surface area contributed by atoms with Crippen molar-refractivity contribution >= 4 is 23.6 Å². The monoisotopic (exact) mass is 360 g/mol. The minimum absolute atomic E-state index is 0.280. The minimum Gasteiger partial charge on any atom is -0.487 e. The maximum Gasteiger partial charge on any atom is 0.330 e. The van der Waals surface area contributed by atoms with Crippen molar-refractivity contribution in [2.24, 2.45) is 0 Å². The largest absolute Gasteiger partial charge is 0.487 e. The molecule has 0 aliphatic carbocycles. The van der Waals surface area contributed by atoms with Crippen molar-refractivity contribution in [1.29, 1.82) is 0 Å². The van der Waals surface area contributed by atoms with Gasteiger partial charge in [-0.1, -0.05) is 11.6 Å². The van der Waals surface area contributed by atoms with E-state index in [0.29, 0.717) is 22.9 Å². The second kappa shape index (κ2) is 8.62. The lowest BCUT2D eigenvalue weighted by Crippen LogP contribution is -2.07. The second-order valence-electron chi connectivity index (χ2n) is 5.48.